The van der Waals surface area contributed by atoms with E-state index in [1.807, 2.05) is 47.9 Å². The van der Waals surface area contributed by atoms with Crippen molar-refractivity contribution in [2.75, 3.05) is 31.2 Å². The molecule has 1 aliphatic rings. The first-order chi connectivity index (χ1) is 15.7. The van der Waals surface area contributed by atoms with Crippen LogP contribution < -0.4 is 4.90 Å². The van der Waals surface area contributed by atoms with E-state index in [-0.39, 0.29) is 11.1 Å². The fourth-order valence-electron chi connectivity index (χ4n) is 3.46. The highest BCUT2D eigenvalue weighted by molar-refractivity contribution is 7.99. The van der Waals surface area contributed by atoms with Crippen molar-refractivity contribution in [2.45, 2.75) is 17.3 Å². The Balaban J connectivity index is 1.45. The monoisotopic (exact) mass is 452 g/mol. The SMILES string of the molecule is CC(Sc1nnc(N2CCOCC2)n1-c1cccc(F)c1)c1nc(-c2ccccc2)no1. The molecule has 1 fully saturated rings. The van der Waals surface area contributed by atoms with Crippen molar-refractivity contribution >= 4 is 17.7 Å². The normalized spacial score (nSPS) is 15.1. The minimum Gasteiger partial charge on any atom is -0.378 e. The molecule has 3 heterocycles. The summed E-state index contributed by atoms with van der Waals surface area (Å²) < 4.78 is 26.9. The van der Waals surface area contributed by atoms with Gasteiger partial charge in [-0.05, 0) is 25.1 Å². The molecule has 0 radical (unpaired) electrons. The van der Waals surface area contributed by atoms with E-state index in [2.05, 4.69) is 25.2 Å². The predicted molar refractivity (Wildman–Crippen MR) is 118 cm³/mol. The van der Waals surface area contributed by atoms with Crippen LogP contribution in [0.3, 0.4) is 0 Å². The number of anilines is 1. The quantitative estimate of drug-likeness (QED) is 0.404. The molecule has 1 aliphatic heterocycles. The highest BCUT2D eigenvalue weighted by Gasteiger charge is 2.25. The number of halogens is 1. The molecule has 32 heavy (non-hydrogen) atoms. The maximum absolute atomic E-state index is 14.0. The summed E-state index contributed by atoms with van der Waals surface area (Å²) in [7, 11) is 0. The number of benzene rings is 2. The summed E-state index contributed by atoms with van der Waals surface area (Å²) in [5.41, 5.74) is 1.54. The second-order valence-corrected chi connectivity index (χ2v) is 8.59. The molecule has 1 unspecified atom stereocenters. The van der Waals surface area contributed by atoms with Crippen molar-refractivity contribution in [1.82, 2.24) is 24.9 Å². The number of rotatable bonds is 6. The van der Waals surface area contributed by atoms with Gasteiger partial charge in [0.15, 0.2) is 5.16 Å². The summed E-state index contributed by atoms with van der Waals surface area (Å²) in [6.45, 7) is 4.57. The van der Waals surface area contributed by atoms with Crippen LogP contribution in [0, 0.1) is 5.82 Å². The van der Waals surface area contributed by atoms with Crippen LogP contribution >= 0.6 is 11.8 Å². The molecule has 0 N–H and O–H groups in total. The first kappa shape index (κ1) is 20.7. The molecule has 1 atom stereocenters. The molecule has 0 amide bonds. The van der Waals surface area contributed by atoms with Crippen molar-refractivity contribution in [1.29, 1.82) is 0 Å². The number of ether oxygens (including phenoxy) is 1. The summed E-state index contributed by atoms with van der Waals surface area (Å²) in [5.74, 6) is 1.35. The molecule has 164 valence electrons. The first-order valence-corrected chi connectivity index (χ1v) is 11.2. The van der Waals surface area contributed by atoms with Crippen LogP contribution in [0.4, 0.5) is 10.3 Å². The lowest BCUT2D eigenvalue weighted by atomic mass is 10.2. The second kappa shape index (κ2) is 9.09. The number of hydrogen-bond donors (Lipinski definition) is 0. The summed E-state index contributed by atoms with van der Waals surface area (Å²) in [6.07, 6.45) is 0. The Morgan fingerprint density at radius 2 is 1.84 bits per heavy atom. The van der Waals surface area contributed by atoms with E-state index in [4.69, 9.17) is 9.26 Å². The average molecular weight is 453 g/mol. The van der Waals surface area contributed by atoms with Gasteiger partial charge in [0.05, 0.1) is 24.2 Å². The third-order valence-corrected chi connectivity index (χ3v) is 6.11. The molecular formula is C22H21FN6O2S. The van der Waals surface area contributed by atoms with Gasteiger partial charge in [0.1, 0.15) is 5.82 Å². The molecule has 1 saturated heterocycles. The molecule has 2 aromatic heterocycles. The Morgan fingerprint density at radius 3 is 2.62 bits per heavy atom. The van der Waals surface area contributed by atoms with E-state index in [9.17, 15) is 4.39 Å². The van der Waals surface area contributed by atoms with Crippen LogP contribution in [-0.4, -0.2) is 51.2 Å². The van der Waals surface area contributed by atoms with Gasteiger partial charge < -0.3 is 14.2 Å². The topological polar surface area (TPSA) is 82.1 Å². The van der Waals surface area contributed by atoms with Crippen LogP contribution in [-0.2, 0) is 4.74 Å². The Morgan fingerprint density at radius 1 is 1.03 bits per heavy atom. The molecule has 2 aromatic carbocycles. The molecule has 0 spiro atoms. The van der Waals surface area contributed by atoms with Crippen LogP contribution in [0.2, 0.25) is 0 Å². The van der Waals surface area contributed by atoms with E-state index in [0.717, 1.165) is 5.56 Å². The number of thioether (sulfide) groups is 1. The molecular weight excluding hydrogens is 431 g/mol. The third-order valence-electron chi connectivity index (χ3n) is 5.08. The van der Waals surface area contributed by atoms with Crippen molar-refractivity contribution in [3.05, 3.63) is 66.3 Å². The van der Waals surface area contributed by atoms with E-state index in [1.54, 1.807) is 6.07 Å². The van der Waals surface area contributed by atoms with Gasteiger partial charge in [0.25, 0.3) is 0 Å². The maximum atomic E-state index is 14.0. The van der Waals surface area contributed by atoms with Gasteiger partial charge in [-0.1, -0.05) is 53.3 Å². The standard InChI is InChI=1S/C22H21FN6O2S/c1-15(20-24-19(27-31-20)16-6-3-2-4-7-16)32-22-26-25-21(28-10-12-30-13-11-28)29(22)18-9-5-8-17(23)14-18/h2-9,14-15H,10-13H2,1H3. The van der Waals surface area contributed by atoms with Gasteiger partial charge in [0.2, 0.25) is 17.7 Å². The van der Waals surface area contributed by atoms with Crippen molar-refractivity contribution in [2.24, 2.45) is 0 Å². The average Bonchev–Trinajstić information content (AvgIpc) is 3.48. The maximum Gasteiger partial charge on any atom is 0.240 e. The van der Waals surface area contributed by atoms with Crippen molar-refractivity contribution in [3.63, 3.8) is 0 Å². The predicted octanol–water partition coefficient (Wildman–Crippen LogP) is 4.15. The van der Waals surface area contributed by atoms with E-state index >= 15 is 0 Å². The summed E-state index contributed by atoms with van der Waals surface area (Å²) >= 11 is 1.43. The van der Waals surface area contributed by atoms with Crippen LogP contribution in [0.1, 0.15) is 18.1 Å². The van der Waals surface area contributed by atoms with Gasteiger partial charge in [-0.15, -0.1) is 10.2 Å². The molecule has 8 nitrogen and oxygen atoms in total. The summed E-state index contributed by atoms with van der Waals surface area (Å²) in [4.78, 5) is 6.64. The lowest BCUT2D eigenvalue weighted by molar-refractivity contribution is 0.122. The van der Waals surface area contributed by atoms with Crippen LogP contribution in [0.5, 0.6) is 0 Å². The van der Waals surface area contributed by atoms with Gasteiger partial charge in [-0.2, -0.15) is 4.98 Å². The third kappa shape index (κ3) is 4.23. The number of nitrogens with zero attached hydrogens (tertiary/aromatic N) is 6. The lowest BCUT2D eigenvalue weighted by Gasteiger charge is -2.28. The fraction of sp³-hybridized carbons (Fsp3) is 0.273. The Bertz CT molecular complexity index is 1190. The van der Waals surface area contributed by atoms with Gasteiger partial charge in [-0.3, -0.25) is 4.57 Å². The Hall–Kier alpha value is -3.24. The number of aromatic nitrogens is 5. The number of morpholine rings is 1. The molecule has 4 aromatic rings. The highest BCUT2D eigenvalue weighted by atomic mass is 32.2. The number of hydrogen-bond acceptors (Lipinski definition) is 8. The fourth-order valence-corrected chi connectivity index (χ4v) is 4.35. The van der Waals surface area contributed by atoms with Gasteiger partial charge in [0, 0.05) is 18.7 Å². The van der Waals surface area contributed by atoms with Gasteiger partial charge in [-0.25, -0.2) is 4.39 Å². The molecule has 0 bridgehead atoms. The Labute approximate surface area is 188 Å². The molecule has 10 heteroatoms. The van der Waals surface area contributed by atoms with E-state index in [0.29, 0.717) is 54.8 Å². The molecule has 0 saturated carbocycles. The first-order valence-electron chi connectivity index (χ1n) is 10.3. The van der Waals surface area contributed by atoms with Crippen LogP contribution in [0.15, 0.2) is 64.3 Å². The molecule has 0 aliphatic carbocycles. The zero-order chi connectivity index (χ0) is 21.9. The smallest absolute Gasteiger partial charge is 0.240 e. The summed E-state index contributed by atoms with van der Waals surface area (Å²) in [6, 6.07) is 16.1. The molecule has 5 rings (SSSR count). The van der Waals surface area contributed by atoms with E-state index < -0.39 is 0 Å². The highest BCUT2D eigenvalue weighted by Crippen LogP contribution is 2.37. The summed E-state index contributed by atoms with van der Waals surface area (Å²) in [5, 5.41) is 13.4. The minimum absolute atomic E-state index is 0.186. The van der Waals surface area contributed by atoms with Crippen molar-refractivity contribution < 1.29 is 13.7 Å². The van der Waals surface area contributed by atoms with Gasteiger partial charge >= 0.3 is 0 Å². The van der Waals surface area contributed by atoms with E-state index in [1.165, 1.54) is 23.9 Å². The zero-order valence-electron chi connectivity index (χ0n) is 17.4. The van der Waals surface area contributed by atoms with Crippen LogP contribution in [0.25, 0.3) is 17.1 Å². The second-order valence-electron chi connectivity index (χ2n) is 7.28. The van der Waals surface area contributed by atoms with Crippen molar-refractivity contribution in [3.8, 4) is 17.1 Å². The largest absolute Gasteiger partial charge is 0.378 e. The Kier molecular flexibility index (Phi) is 5.87. The lowest BCUT2D eigenvalue weighted by Crippen LogP contribution is -2.37. The minimum atomic E-state index is -0.322. The zero-order valence-corrected chi connectivity index (χ0v) is 18.2.